The number of anilines is 2. The van der Waals surface area contributed by atoms with Crippen LogP contribution in [-0.4, -0.2) is 45.3 Å². The minimum atomic E-state index is -0.209. The number of amides is 1. The second kappa shape index (κ2) is 6.72. The Balaban J connectivity index is 2.19. The van der Waals surface area contributed by atoms with Crippen molar-refractivity contribution in [3.05, 3.63) is 24.3 Å². The number of nitrogens with zero attached hydrogens (tertiary/aromatic N) is 2. The Morgan fingerprint density at radius 1 is 1.35 bits per heavy atom. The lowest BCUT2D eigenvalue weighted by atomic mass is 10.1. The number of hydrogen-bond donors (Lipinski definition) is 1. The van der Waals surface area contributed by atoms with Gasteiger partial charge >= 0.3 is 0 Å². The molecule has 1 aromatic carbocycles. The van der Waals surface area contributed by atoms with E-state index < -0.39 is 0 Å². The van der Waals surface area contributed by atoms with Gasteiger partial charge in [0, 0.05) is 33.3 Å². The van der Waals surface area contributed by atoms with E-state index in [-0.39, 0.29) is 12.0 Å². The molecule has 0 aliphatic carbocycles. The summed E-state index contributed by atoms with van der Waals surface area (Å²) in [5.41, 5.74) is 7.70. The van der Waals surface area contributed by atoms with Crippen molar-refractivity contribution in [1.29, 1.82) is 0 Å². The Bertz CT molecular complexity index is 460. The highest BCUT2D eigenvalue weighted by atomic mass is 16.5. The van der Waals surface area contributed by atoms with Crippen LogP contribution in [0.25, 0.3) is 0 Å². The smallest absolute Gasteiger partial charge is 0.229 e. The first-order valence-electron chi connectivity index (χ1n) is 7.08. The Kier molecular flexibility index (Phi) is 4.98. The molecule has 0 fully saturated rings. The largest absolute Gasteiger partial charge is 0.380 e. The van der Waals surface area contributed by atoms with Gasteiger partial charge in [0.2, 0.25) is 5.91 Å². The van der Waals surface area contributed by atoms with Crippen LogP contribution >= 0.6 is 0 Å². The predicted molar refractivity (Wildman–Crippen MR) is 81.2 cm³/mol. The molecule has 0 radical (unpaired) electrons. The summed E-state index contributed by atoms with van der Waals surface area (Å²) in [5.74, 6) is 0.0745. The van der Waals surface area contributed by atoms with Crippen LogP contribution in [0.3, 0.4) is 0 Å². The van der Waals surface area contributed by atoms with E-state index >= 15 is 0 Å². The summed E-state index contributed by atoms with van der Waals surface area (Å²) in [4.78, 5) is 16.6. The van der Waals surface area contributed by atoms with Crippen molar-refractivity contribution in [1.82, 2.24) is 0 Å². The minimum absolute atomic E-state index is 0.0745. The maximum absolute atomic E-state index is 12.5. The van der Waals surface area contributed by atoms with E-state index in [4.69, 9.17) is 10.5 Å². The average Bonchev–Trinajstić information content (AvgIpc) is 2.51. The van der Waals surface area contributed by atoms with E-state index in [9.17, 15) is 4.79 Å². The number of nitrogens with two attached hydrogens (primary N) is 1. The Labute approximate surface area is 120 Å². The average molecular weight is 277 g/mol. The van der Waals surface area contributed by atoms with Gasteiger partial charge in [0.25, 0.3) is 0 Å². The molecule has 1 aromatic rings. The van der Waals surface area contributed by atoms with Crippen molar-refractivity contribution in [2.24, 2.45) is 5.73 Å². The van der Waals surface area contributed by atoms with E-state index in [1.54, 1.807) is 7.11 Å². The molecule has 1 amide bonds. The number of benzene rings is 1. The van der Waals surface area contributed by atoms with E-state index in [1.165, 1.54) is 0 Å². The molecule has 0 bridgehead atoms. The van der Waals surface area contributed by atoms with E-state index in [0.29, 0.717) is 19.5 Å². The SMILES string of the molecule is CCN1CCN(C(=O)CC(CN)OC)c2ccccc21. The Morgan fingerprint density at radius 3 is 2.65 bits per heavy atom. The first-order valence-corrected chi connectivity index (χ1v) is 7.08. The molecular weight excluding hydrogens is 254 g/mol. The number of methoxy groups -OCH3 is 1. The van der Waals surface area contributed by atoms with Crippen LogP contribution in [0.15, 0.2) is 24.3 Å². The van der Waals surface area contributed by atoms with Crippen molar-refractivity contribution in [3.63, 3.8) is 0 Å². The molecule has 1 heterocycles. The third-order valence-corrected chi connectivity index (χ3v) is 3.79. The molecule has 0 saturated carbocycles. The maximum Gasteiger partial charge on any atom is 0.229 e. The van der Waals surface area contributed by atoms with Gasteiger partial charge in [-0.25, -0.2) is 0 Å². The zero-order valence-corrected chi connectivity index (χ0v) is 12.2. The molecule has 0 aromatic heterocycles. The van der Waals surface area contributed by atoms with Crippen molar-refractivity contribution in [2.75, 3.05) is 43.1 Å². The van der Waals surface area contributed by atoms with Gasteiger partial charge in [0.05, 0.1) is 23.9 Å². The molecule has 1 aliphatic heterocycles. The summed E-state index contributed by atoms with van der Waals surface area (Å²) in [6, 6.07) is 8.04. The Morgan fingerprint density at radius 2 is 2.05 bits per heavy atom. The molecule has 0 saturated heterocycles. The molecule has 1 aliphatic rings. The van der Waals surface area contributed by atoms with Crippen molar-refractivity contribution in [2.45, 2.75) is 19.4 Å². The van der Waals surface area contributed by atoms with Gasteiger partial charge in [0.1, 0.15) is 0 Å². The first kappa shape index (κ1) is 14.8. The van der Waals surface area contributed by atoms with Gasteiger partial charge in [-0.1, -0.05) is 12.1 Å². The number of para-hydroxylation sites is 2. The highest BCUT2D eigenvalue weighted by molar-refractivity contribution is 5.98. The van der Waals surface area contributed by atoms with Crippen molar-refractivity contribution >= 4 is 17.3 Å². The number of likely N-dealkylation sites (N-methyl/N-ethyl adjacent to an activating group) is 1. The molecule has 2 rings (SSSR count). The van der Waals surface area contributed by atoms with Crippen LogP contribution in [0.4, 0.5) is 11.4 Å². The van der Waals surface area contributed by atoms with Crippen LogP contribution in [0, 0.1) is 0 Å². The molecule has 20 heavy (non-hydrogen) atoms. The standard InChI is InChI=1S/C15H23N3O2/c1-3-17-8-9-18(14-7-5-4-6-13(14)17)15(19)10-12(11-16)20-2/h4-7,12H,3,8-11,16H2,1-2H3. The minimum Gasteiger partial charge on any atom is -0.380 e. The van der Waals surface area contributed by atoms with Gasteiger partial charge in [-0.2, -0.15) is 0 Å². The third kappa shape index (κ3) is 2.94. The van der Waals surface area contributed by atoms with Crippen LogP contribution in [-0.2, 0) is 9.53 Å². The lowest BCUT2D eigenvalue weighted by Crippen LogP contribution is -2.45. The summed E-state index contributed by atoms with van der Waals surface area (Å²) >= 11 is 0. The van der Waals surface area contributed by atoms with Crippen LogP contribution in [0.5, 0.6) is 0 Å². The maximum atomic E-state index is 12.5. The summed E-state index contributed by atoms with van der Waals surface area (Å²) in [6.07, 6.45) is 0.117. The molecule has 5 heteroatoms. The van der Waals surface area contributed by atoms with Gasteiger partial charge < -0.3 is 20.3 Å². The molecule has 1 unspecified atom stereocenters. The highest BCUT2D eigenvalue weighted by Crippen LogP contribution is 2.33. The van der Waals surface area contributed by atoms with Gasteiger partial charge in [-0.15, -0.1) is 0 Å². The van der Waals surface area contributed by atoms with E-state index in [2.05, 4.69) is 17.9 Å². The molecule has 0 spiro atoms. The normalized spacial score (nSPS) is 15.9. The number of ether oxygens (including phenoxy) is 1. The van der Waals surface area contributed by atoms with E-state index in [0.717, 1.165) is 24.5 Å². The summed E-state index contributed by atoms with van der Waals surface area (Å²) in [5, 5.41) is 0. The first-order chi connectivity index (χ1) is 9.71. The lowest BCUT2D eigenvalue weighted by Gasteiger charge is -2.37. The molecule has 2 N–H and O–H groups in total. The zero-order valence-electron chi connectivity index (χ0n) is 12.2. The summed E-state index contributed by atoms with van der Waals surface area (Å²) in [7, 11) is 1.59. The van der Waals surface area contributed by atoms with Crippen molar-refractivity contribution < 1.29 is 9.53 Å². The molecule has 5 nitrogen and oxygen atoms in total. The Hall–Kier alpha value is -1.59. The fraction of sp³-hybridized carbons (Fsp3) is 0.533. The number of carbonyl (C=O) groups excluding carboxylic acids is 1. The topological polar surface area (TPSA) is 58.8 Å². The van der Waals surface area contributed by atoms with Crippen LogP contribution in [0.1, 0.15) is 13.3 Å². The van der Waals surface area contributed by atoms with Crippen molar-refractivity contribution in [3.8, 4) is 0 Å². The fourth-order valence-electron chi connectivity index (χ4n) is 2.58. The number of rotatable bonds is 5. The molecule has 1 atom stereocenters. The second-order valence-corrected chi connectivity index (χ2v) is 4.91. The van der Waals surface area contributed by atoms with Gasteiger partial charge in [0.15, 0.2) is 0 Å². The highest BCUT2D eigenvalue weighted by Gasteiger charge is 2.26. The van der Waals surface area contributed by atoms with Gasteiger partial charge in [-0.3, -0.25) is 4.79 Å². The third-order valence-electron chi connectivity index (χ3n) is 3.79. The fourth-order valence-corrected chi connectivity index (χ4v) is 2.58. The van der Waals surface area contributed by atoms with Crippen LogP contribution in [0.2, 0.25) is 0 Å². The second-order valence-electron chi connectivity index (χ2n) is 4.91. The monoisotopic (exact) mass is 277 g/mol. The lowest BCUT2D eigenvalue weighted by molar-refractivity contribution is -0.120. The van der Waals surface area contributed by atoms with Gasteiger partial charge in [-0.05, 0) is 19.1 Å². The molecular formula is C15H23N3O2. The zero-order chi connectivity index (χ0) is 14.5. The molecule has 110 valence electrons. The number of carbonyl (C=O) groups is 1. The summed E-state index contributed by atoms with van der Waals surface area (Å²) in [6.45, 7) is 5.01. The number of fused-ring (bicyclic) bond motifs is 1. The summed E-state index contributed by atoms with van der Waals surface area (Å²) < 4.78 is 5.21. The number of hydrogen-bond acceptors (Lipinski definition) is 4. The predicted octanol–water partition coefficient (Wildman–Crippen LogP) is 1.22. The quantitative estimate of drug-likeness (QED) is 0.879. The van der Waals surface area contributed by atoms with E-state index in [1.807, 2.05) is 23.1 Å². The van der Waals surface area contributed by atoms with Crippen LogP contribution < -0.4 is 15.5 Å².